The summed E-state index contributed by atoms with van der Waals surface area (Å²) in [4.78, 5) is 32.6. The van der Waals surface area contributed by atoms with Crippen LogP contribution in [0.2, 0.25) is 0 Å². The highest BCUT2D eigenvalue weighted by Gasteiger charge is 2.30. The molecule has 1 amide bonds. The topological polar surface area (TPSA) is 58.4 Å². The van der Waals surface area contributed by atoms with Crippen molar-refractivity contribution in [3.63, 3.8) is 0 Å². The van der Waals surface area contributed by atoms with Crippen molar-refractivity contribution in [1.82, 2.24) is 19.4 Å². The number of thioether (sulfide) groups is 1. The molecule has 48 heavy (non-hydrogen) atoms. The molecule has 0 saturated carbocycles. The van der Waals surface area contributed by atoms with E-state index < -0.39 is 184 Å². The van der Waals surface area contributed by atoms with Gasteiger partial charge in [-0.05, 0) is 78.2 Å². The number of hydrogen-bond donors (Lipinski definition) is 0. The zero-order valence-electron chi connectivity index (χ0n) is 48.2. The predicted molar refractivity (Wildman–Crippen MR) is 181 cm³/mol. The van der Waals surface area contributed by atoms with Crippen molar-refractivity contribution in [2.75, 3.05) is 26.1 Å². The summed E-state index contributed by atoms with van der Waals surface area (Å²) < 4.78 is 259. The molecule has 0 saturated heterocycles. The lowest BCUT2D eigenvalue weighted by molar-refractivity contribution is -0.137. The Hall–Kier alpha value is -3.96. The Kier molecular flexibility index (Phi) is 5.22. The standard InChI is InChI=1S/C37H40F4N4O2S/c1-4-43(5-2)18-19-44(22-26-6-10-28(11-7-26)29-12-14-30(15-13-29)37(39,40)41)34(46)23-45-33-21-25(3)20-32(33)35(47)42-36(45)48-24-27-8-16-31(38)17-9-27/h6-17,25H,4-5,18-24H2,1-3H3/i6D,7D,10D,11D,12D,13D,14D,15D,18D2,19D2,20D2,21D2,22D2,23D2,24D2,25D. The monoisotopic (exact) mass is 703 g/mol. The number of alkyl halides is 3. The van der Waals surface area contributed by atoms with E-state index in [1.54, 1.807) is 0 Å². The van der Waals surface area contributed by atoms with Gasteiger partial charge in [-0.3, -0.25) is 9.59 Å². The Balaban J connectivity index is 1.95. The number of fused-ring (bicyclic) bond motifs is 1. The Bertz CT molecular complexity index is 2840. The van der Waals surface area contributed by atoms with Crippen LogP contribution >= 0.6 is 11.8 Å². The quantitative estimate of drug-likeness (QED) is 0.0822. The largest absolute Gasteiger partial charge is 0.416 e. The van der Waals surface area contributed by atoms with Gasteiger partial charge in [-0.1, -0.05) is 80.9 Å². The van der Waals surface area contributed by atoms with Gasteiger partial charge in [0.05, 0.1) is 24.8 Å². The molecule has 0 aliphatic heterocycles. The summed E-state index contributed by atoms with van der Waals surface area (Å²) in [6, 6.07) is -9.75. The SMILES string of the molecule is [2H]c1c([2H])c(C(F)(F)F)c([2H])c([2H])c1-c1c([2H])c([2H])c(C([2H])([2H])N(C(=O)C([2H])([2H])n2c(SC([2H])([2H])c3ccc(F)cc3)nc(=O)c3c2C([2H])([2H])C([2H])(C)C3([2H])[2H])C([2H])([2H])C([2H])([2H])N(CC)CC)c([2H])c1[2H]. The van der Waals surface area contributed by atoms with Gasteiger partial charge in [0.2, 0.25) is 5.91 Å². The minimum absolute atomic E-state index is 0.257. The number of halogens is 4. The fraction of sp³-hybridized carbons (Fsp3) is 0.378. The van der Waals surface area contributed by atoms with E-state index in [9.17, 15) is 30.6 Å². The first-order chi connectivity index (χ1) is 31.9. The molecule has 0 bridgehead atoms. The zero-order valence-corrected chi connectivity index (χ0v) is 26.1. The molecule has 254 valence electrons. The number of benzene rings is 3. The summed E-state index contributed by atoms with van der Waals surface area (Å²) in [5.74, 6) is -6.72. The van der Waals surface area contributed by atoms with Crippen molar-refractivity contribution in [3.8, 4) is 11.1 Å². The first-order valence-corrected chi connectivity index (χ1v) is 14.8. The highest BCUT2D eigenvalue weighted by atomic mass is 32.2. The van der Waals surface area contributed by atoms with E-state index >= 15 is 4.79 Å². The van der Waals surface area contributed by atoms with Crippen LogP contribution in [0.1, 0.15) is 80.2 Å². The first kappa shape index (κ1) is 16.2. The zero-order chi connectivity index (χ0) is 54.9. The van der Waals surface area contributed by atoms with Crippen LogP contribution in [-0.2, 0) is 42.4 Å². The van der Waals surface area contributed by atoms with Gasteiger partial charge in [-0.15, -0.1) is 0 Å². The lowest BCUT2D eigenvalue weighted by Crippen LogP contribution is -2.40. The number of likely N-dealkylation sites (N-methyl/N-ethyl adjacent to an activating group) is 1. The van der Waals surface area contributed by atoms with E-state index in [-0.39, 0.29) is 16.3 Å². The molecule has 0 N–H and O–H groups in total. The molecule has 0 radical (unpaired) electrons. The molecule has 1 unspecified atom stereocenters. The van der Waals surface area contributed by atoms with Gasteiger partial charge in [-0.2, -0.15) is 18.2 Å². The maximum atomic E-state index is 15.4. The van der Waals surface area contributed by atoms with Gasteiger partial charge in [0.15, 0.2) is 5.16 Å². The van der Waals surface area contributed by atoms with Crippen molar-refractivity contribution in [2.24, 2.45) is 5.89 Å². The molecular weight excluding hydrogens is 640 g/mol. The summed E-state index contributed by atoms with van der Waals surface area (Å²) in [6.07, 6.45) is -12.6. The van der Waals surface area contributed by atoms with Crippen molar-refractivity contribution >= 4 is 17.7 Å². The van der Waals surface area contributed by atoms with Crippen LogP contribution in [0.3, 0.4) is 0 Å². The fourth-order valence-corrected chi connectivity index (χ4v) is 4.59. The molecule has 6 nitrogen and oxygen atoms in total. The molecule has 4 aromatic rings. The molecule has 0 spiro atoms. The first-order valence-electron chi connectivity index (χ1n) is 25.5. The Labute approximate surface area is 315 Å². The molecule has 1 aliphatic rings. The smallest absolute Gasteiger partial charge is 0.336 e. The van der Waals surface area contributed by atoms with Crippen LogP contribution in [0.25, 0.3) is 11.1 Å². The van der Waals surface area contributed by atoms with Crippen LogP contribution in [0.5, 0.6) is 0 Å². The molecule has 3 aromatic carbocycles. The van der Waals surface area contributed by atoms with Crippen LogP contribution in [0.15, 0.2) is 82.6 Å². The third-order valence-corrected chi connectivity index (χ3v) is 7.08. The second-order valence-electron chi connectivity index (χ2n) is 9.60. The molecule has 5 rings (SSSR count). The number of rotatable bonds is 13. The van der Waals surface area contributed by atoms with Crippen LogP contribution in [-0.4, -0.2) is 51.3 Å². The van der Waals surface area contributed by atoms with Crippen LogP contribution < -0.4 is 5.56 Å². The van der Waals surface area contributed by atoms with Crippen LogP contribution in [0.4, 0.5) is 17.6 Å². The van der Waals surface area contributed by atoms with Crippen LogP contribution in [0, 0.1) is 11.7 Å². The van der Waals surface area contributed by atoms with E-state index in [2.05, 4.69) is 4.98 Å². The van der Waals surface area contributed by atoms with Gasteiger partial charge in [-0.25, -0.2) is 4.39 Å². The average molecular weight is 704 g/mol. The van der Waals surface area contributed by atoms with Crippen molar-refractivity contribution in [3.05, 3.63) is 117 Å². The number of amides is 1. The van der Waals surface area contributed by atoms with E-state index in [0.29, 0.717) is 11.8 Å². The molecule has 1 atom stereocenters. The van der Waals surface area contributed by atoms with Gasteiger partial charge in [0.1, 0.15) is 12.3 Å². The summed E-state index contributed by atoms with van der Waals surface area (Å²) >= 11 is -0.285. The summed E-state index contributed by atoms with van der Waals surface area (Å²) in [5.41, 5.74) is -14.5. The van der Waals surface area contributed by atoms with Gasteiger partial charge < -0.3 is 14.4 Å². The normalized spacial score (nSPS) is 26.5. The molecule has 1 aromatic heterocycles. The third-order valence-electron chi connectivity index (χ3n) is 6.29. The maximum Gasteiger partial charge on any atom is 0.416 e. The Morgan fingerprint density at radius 3 is 2.25 bits per heavy atom. The molecular formula is C37H40F4N4O2S. The van der Waals surface area contributed by atoms with E-state index in [0.717, 1.165) is 24.3 Å². The Morgan fingerprint density at radius 1 is 1.02 bits per heavy atom. The average Bonchev–Trinajstić information content (AvgIpc) is 3.33. The molecule has 1 aliphatic carbocycles. The fourth-order valence-electron chi connectivity index (χ4n) is 3.89. The van der Waals surface area contributed by atoms with Gasteiger partial charge in [0, 0.05) is 48.8 Å². The molecule has 0 fully saturated rings. The summed E-state index contributed by atoms with van der Waals surface area (Å²) in [7, 11) is 0. The Morgan fingerprint density at radius 2 is 1.65 bits per heavy atom. The minimum Gasteiger partial charge on any atom is -0.336 e. The van der Waals surface area contributed by atoms with Gasteiger partial charge >= 0.3 is 6.18 Å². The predicted octanol–water partition coefficient (Wildman–Crippen LogP) is 7.47. The number of carbonyl (C=O) groups is 1. The summed E-state index contributed by atoms with van der Waals surface area (Å²) in [6.45, 7) is -14.7. The minimum atomic E-state index is -5.49. The van der Waals surface area contributed by atoms with E-state index in [1.165, 1.54) is 13.8 Å². The second-order valence-corrected chi connectivity index (χ2v) is 10.4. The summed E-state index contributed by atoms with van der Waals surface area (Å²) in [5, 5.41) is -1.38. The van der Waals surface area contributed by atoms with E-state index in [1.807, 2.05) is 0 Å². The maximum absolute atomic E-state index is 15.4. The van der Waals surface area contributed by atoms with Crippen molar-refractivity contribution in [1.29, 1.82) is 0 Å². The number of aromatic nitrogens is 2. The highest BCUT2D eigenvalue weighted by Crippen LogP contribution is 2.32. The molecule has 1 heterocycles. The lowest BCUT2D eigenvalue weighted by atomic mass is 10.0. The van der Waals surface area contributed by atoms with Crippen molar-refractivity contribution in [2.45, 2.75) is 63.5 Å². The number of carbonyl (C=O) groups excluding carboxylic acids is 1. The number of nitrogens with zero attached hydrogens (tertiary/aromatic N) is 4. The highest BCUT2D eigenvalue weighted by molar-refractivity contribution is 7.98. The number of hydrogen-bond acceptors (Lipinski definition) is 5. The van der Waals surface area contributed by atoms with E-state index in [4.69, 9.17) is 23.3 Å². The lowest BCUT2D eigenvalue weighted by Gasteiger charge is -2.28. The van der Waals surface area contributed by atoms with Crippen molar-refractivity contribution < 1.29 is 53.9 Å². The third kappa shape index (κ3) is 8.73. The van der Waals surface area contributed by atoms with Gasteiger partial charge in [0.25, 0.3) is 5.56 Å². The second kappa shape index (κ2) is 15.5. The molecule has 11 heteroatoms.